The summed E-state index contributed by atoms with van der Waals surface area (Å²) in [6.45, 7) is 4.22. The van der Waals surface area contributed by atoms with Crippen molar-refractivity contribution in [2.75, 3.05) is 25.6 Å². The van der Waals surface area contributed by atoms with Crippen molar-refractivity contribution < 1.29 is 4.74 Å². The Bertz CT molecular complexity index is 623. The maximum atomic E-state index is 12.4. The lowest BCUT2D eigenvalue weighted by molar-refractivity contribution is 0.190. The van der Waals surface area contributed by atoms with Crippen LogP contribution in [0.3, 0.4) is 0 Å². The highest BCUT2D eigenvalue weighted by molar-refractivity contribution is 7.18. The fourth-order valence-corrected chi connectivity index (χ4v) is 2.68. The Hall–Kier alpha value is -1.73. The van der Waals surface area contributed by atoms with E-state index >= 15 is 0 Å². The molecule has 2 rings (SSSR count). The number of nitrogens with one attached hydrogen (secondary N) is 1. The van der Waals surface area contributed by atoms with Crippen LogP contribution >= 0.6 is 11.3 Å². The minimum absolute atomic E-state index is 0.0354. The summed E-state index contributed by atoms with van der Waals surface area (Å²) in [5.74, 6) is 0. The first kappa shape index (κ1) is 15.7. The van der Waals surface area contributed by atoms with Gasteiger partial charge in [0, 0.05) is 33.0 Å². The van der Waals surface area contributed by atoms with E-state index in [0.29, 0.717) is 23.7 Å². The van der Waals surface area contributed by atoms with Crippen LogP contribution in [0.25, 0.3) is 10.6 Å². The zero-order chi connectivity index (χ0) is 15.1. The molecule has 0 aliphatic heterocycles. The molecule has 1 N–H and O–H groups in total. The van der Waals surface area contributed by atoms with Crippen LogP contribution in [-0.4, -0.2) is 35.0 Å². The van der Waals surface area contributed by atoms with Crippen LogP contribution in [-0.2, 0) is 11.3 Å². The van der Waals surface area contributed by atoms with Crippen LogP contribution in [0, 0.1) is 0 Å². The van der Waals surface area contributed by atoms with E-state index in [0.717, 1.165) is 24.5 Å². The van der Waals surface area contributed by atoms with E-state index in [2.05, 4.69) is 22.4 Å². The van der Waals surface area contributed by atoms with Gasteiger partial charge in [0.1, 0.15) is 0 Å². The molecule has 2 aromatic heterocycles. The lowest BCUT2D eigenvalue weighted by Gasteiger charge is -2.06. The summed E-state index contributed by atoms with van der Waals surface area (Å²) in [6, 6.07) is 3.66. The molecule has 0 spiro atoms. The van der Waals surface area contributed by atoms with Crippen LogP contribution in [0.15, 0.2) is 23.1 Å². The summed E-state index contributed by atoms with van der Waals surface area (Å²) in [7, 11) is 1.66. The molecule has 7 heteroatoms. The molecule has 0 atom stereocenters. The van der Waals surface area contributed by atoms with E-state index in [1.165, 1.54) is 11.3 Å². The molecule has 0 amide bonds. The van der Waals surface area contributed by atoms with Crippen molar-refractivity contribution in [2.45, 2.75) is 26.3 Å². The fraction of sp³-hybridized carbons (Fsp3) is 0.500. The highest BCUT2D eigenvalue weighted by Gasteiger charge is 2.11. The van der Waals surface area contributed by atoms with E-state index < -0.39 is 0 Å². The summed E-state index contributed by atoms with van der Waals surface area (Å²) in [4.78, 5) is 12.4. The normalized spacial score (nSPS) is 10.8. The quantitative estimate of drug-likeness (QED) is 0.757. The van der Waals surface area contributed by atoms with Crippen molar-refractivity contribution in [3.8, 4) is 10.6 Å². The first-order valence-electron chi connectivity index (χ1n) is 7.02. The van der Waals surface area contributed by atoms with E-state index in [1.54, 1.807) is 23.9 Å². The monoisotopic (exact) mass is 308 g/mol. The molecule has 0 fully saturated rings. The number of pyridine rings is 1. The second-order valence-electron chi connectivity index (χ2n) is 4.61. The fourth-order valence-electron chi connectivity index (χ4n) is 1.89. The lowest BCUT2D eigenvalue weighted by atomic mass is 10.3. The SMILES string of the molecule is CCCNc1nnc(-c2cccn(CCCOC)c2=O)s1. The molecule has 2 aromatic rings. The molecule has 0 radical (unpaired) electrons. The third kappa shape index (κ3) is 4.12. The molecule has 0 aliphatic rings. The Morgan fingerprint density at radius 2 is 2.29 bits per heavy atom. The minimum atomic E-state index is -0.0354. The summed E-state index contributed by atoms with van der Waals surface area (Å²) in [5.41, 5.74) is 0.559. The molecule has 0 aromatic carbocycles. The third-order valence-corrected chi connectivity index (χ3v) is 3.86. The molecule has 21 heavy (non-hydrogen) atoms. The van der Waals surface area contributed by atoms with Gasteiger partial charge in [-0.05, 0) is 25.0 Å². The van der Waals surface area contributed by atoms with Crippen LogP contribution in [0.1, 0.15) is 19.8 Å². The predicted octanol–water partition coefficient (Wildman–Crippen LogP) is 2.23. The van der Waals surface area contributed by atoms with Gasteiger partial charge in [-0.25, -0.2) is 0 Å². The van der Waals surface area contributed by atoms with Gasteiger partial charge in [0.2, 0.25) is 5.13 Å². The zero-order valence-electron chi connectivity index (χ0n) is 12.3. The number of methoxy groups -OCH3 is 1. The average molecular weight is 308 g/mol. The molecular weight excluding hydrogens is 288 g/mol. The summed E-state index contributed by atoms with van der Waals surface area (Å²) >= 11 is 1.41. The van der Waals surface area contributed by atoms with Crippen molar-refractivity contribution in [1.29, 1.82) is 0 Å². The number of aromatic nitrogens is 3. The number of nitrogens with zero attached hydrogens (tertiary/aromatic N) is 3. The predicted molar refractivity (Wildman–Crippen MR) is 84.9 cm³/mol. The van der Waals surface area contributed by atoms with E-state index in [9.17, 15) is 4.79 Å². The molecule has 0 saturated carbocycles. The molecule has 2 heterocycles. The Balaban J connectivity index is 2.17. The van der Waals surface area contributed by atoms with Crippen molar-refractivity contribution in [1.82, 2.24) is 14.8 Å². The van der Waals surface area contributed by atoms with Crippen LogP contribution < -0.4 is 10.9 Å². The van der Waals surface area contributed by atoms with E-state index in [1.807, 2.05) is 6.07 Å². The molecule has 0 unspecified atom stereocenters. The highest BCUT2D eigenvalue weighted by atomic mass is 32.1. The molecular formula is C14H20N4O2S. The highest BCUT2D eigenvalue weighted by Crippen LogP contribution is 2.23. The van der Waals surface area contributed by atoms with Gasteiger partial charge in [-0.1, -0.05) is 18.3 Å². The molecule has 0 saturated heterocycles. The van der Waals surface area contributed by atoms with Gasteiger partial charge in [-0.2, -0.15) is 0 Å². The first-order chi connectivity index (χ1) is 10.3. The number of anilines is 1. The molecule has 6 nitrogen and oxygen atoms in total. The zero-order valence-corrected chi connectivity index (χ0v) is 13.2. The van der Waals surface area contributed by atoms with Gasteiger partial charge in [0.15, 0.2) is 5.01 Å². The van der Waals surface area contributed by atoms with Gasteiger partial charge in [0.25, 0.3) is 5.56 Å². The molecule has 0 bridgehead atoms. The Labute approximate surface area is 127 Å². The molecule has 114 valence electrons. The van der Waals surface area contributed by atoms with Crippen molar-refractivity contribution in [3.05, 3.63) is 28.7 Å². The molecule has 0 aliphatic carbocycles. The summed E-state index contributed by atoms with van der Waals surface area (Å²) in [6.07, 6.45) is 3.62. The van der Waals surface area contributed by atoms with Gasteiger partial charge in [-0.3, -0.25) is 4.79 Å². The van der Waals surface area contributed by atoms with E-state index in [4.69, 9.17) is 4.74 Å². The summed E-state index contributed by atoms with van der Waals surface area (Å²) < 4.78 is 6.70. The Morgan fingerprint density at radius 3 is 3.05 bits per heavy atom. The van der Waals surface area contributed by atoms with Gasteiger partial charge in [0.05, 0.1) is 5.56 Å². The first-order valence-corrected chi connectivity index (χ1v) is 7.84. The van der Waals surface area contributed by atoms with Crippen molar-refractivity contribution in [2.24, 2.45) is 0 Å². The lowest BCUT2D eigenvalue weighted by Crippen LogP contribution is -2.21. The largest absolute Gasteiger partial charge is 0.385 e. The number of hydrogen-bond acceptors (Lipinski definition) is 6. The van der Waals surface area contributed by atoms with Crippen LogP contribution in [0.2, 0.25) is 0 Å². The second-order valence-corrected chi connectivity index (χ2v) is 5.58. The smallest absolute Gasteiger partial charge is 0.260 e. The topological polar surface area (TPSA) is 69.0 Å². The number of hydrogen-bond donors (Lipinski definition) is 1. The average Bonchev–Trinajstić information content (AvgIpc) is 2.96. The second kappa shape index (κ2) is 7.90. The number of ether oxygens (including phenoxy) is 1. The van der Waals surface area contributed by atoms with Crippen molar-refractivity contribution in [3.63, 3.8) is 0 Å². The van der Waals surface area contributed by atoms with Crippen molar-refractivity contribution >= 4 is 16.5 Å². The van der Waals surface area contributed by atoms with Gasteiger partial charge >= 0.3 is 0 Å². The summed E-state index contributed by atoms with van der Waals surface area (Å²) in [5, 5.41) is 12.8. The minimum Gasteiger partial charge on any atom is -0.385 e. The standard InChI is InChI=1S/C14H20N4O2S/c1-3-7-15-14-17-16-12(21-14)11-6-4-8-18(13(11)19)9-5-10-20-2/h4,6,8H,3,5,7,9-10H2,1-2H3,(H,15,17). The Kier molecular flexibility index (Phi) is 5.89. The van der Waals surface area contributed by atoms with Crippen LogP contribution in [0.4, 0.5) is 5.13 Å². The third-order valence-electron chi connectivity index (χ3n) is 2.95. The number of aryl methyl sites for hydroxylation is 1. The maximum absolute atomic E-state index is 12.4. The Morgan fingerprint density at radius 1 is 1.43 bits per heavy atom. The van der Waals surface area contributed by atoms with Gasteiger partial charge < -0.3 is 14.6 Å². The van der Waals surface area contributed by atoms with Crippen LogP contribution in [0.5, 0.6) is 0 Å². The van der Waals surface area contributed by atoms with Gasteiger partial charge in [-0.15, -0.1) is 10.2 Å². The maximum Gasteiger partial charge on any atom is 0.260 e. The van der Waals surface area contributed by atoms with E-state index in [-0.39, 0.29) is 5.56 Å². The number of rotatable bonds is 8.